The fourth-order valence-corrected chi connectivity index (χ4v) is 2.88. The van der Waals surface area contributed by atoms with Gasteiger partial charge in [0.05, 0.1) is 22.1 Å². The zero-order chi connectivity index (χ0) is 15.1. The van der Waals surface area contributed by atoms with E-state index in [1.54, 1.807) is 16.7 Å². The fourth-order valence-electron chi connectivity index (χ4n) is 2.38. The van der Waals surface area contributed by atoms with Crippen molar-refractivity contribution >= 4 is 38.6 Å². The SMILES string of the molecule is Cc1ccc2nc(C(C)Cl)n(-c3cc(Br)ccc3F)c2c1. The number of imidazole rings is 1. The van der Waals surface area contributed by atoms with E-state index >= 15 is 0 Å². The third-order valence-electron chi connectivity index (χ3n) is 3.34. The largest absolute Gasteiger partial charge is 0.292 e. The molecule has 0 bridgehead atoms. The van der Waals surface area contributed by atoms with Gasteiger partial charge < -0.3 is 0 Å². The predicted octanol–water partition coefficient (Wildman–Crippen LogP) is 5.54. The summed E-state index contributed by atoms with van der Waals surface area (Å²) in [7, 11) is 0. The summed E-state index contributed by atoms with van der Waals surface area (Å²) in [6.45, 7) is 3.83. The molecule has 21 heavy (non-hydrogen) atoms. The van der Waals surface area contributed by atoms with Gasteiger partial charge in [0.1, 0.15) is 11.6 Å². The molecule has 0 aliphatic heterocycles. The van der Waals surface area contributed by atoms with Crippen molar-refractivity contribution < 1.29 is 4.39 Å². The average molecular weight is 368 g/mol. The number of hydrogen-bond donors (Lipinski definition) is 0. The lowest BCUT2D eigenvalue weighted by atomic mass is 10.2. The molecule has 0 amide bonds. The maximum atomic E-state index is 14.3. The fraction of sp³-hybridized carbons (Fsp3) is 0.188. The van der Waals surface area contributed by atoms with Crippen molar-refractivity contribution in [2.24, 2.45) is 0 Å². The summed E-state index contributed by atoms with van der Waals surface area (Å²) >= 11 is 9.63. The quantitative estimate of drug-likeness (QED) is 0.544. The molecule has 0 saturated carbocycles. The molecule has 3 rings (SSSR count). The Bertz CT molecular complexity index is 827. The lowest BCUT2D eigenvalue weighted by molar-refractivity contribution is 0.616. The van der Waals surface area contributed by atoms with Gasteiger partial charge in [0.25, 0.3) is 0 Å². The number of alkyl halides is 1. The van der Waals surface area contributed by atoms with Gasteiger partial charge in [-0.15, -0.1) is 11.6 Å². The third-order valence-corrected chi connectivity index (χ3v) is 4.03. The van der Waals surface area contributed by atoms with Crippen LogP contribution in [0.2, 0.25) is 0 Å². The molecule has 1 unspecified atom stereocenters. The zero-order valence-electron chi connectivity index (χ0n) is 11.6. The van der Waals surface area contributed by atoms with Gasteiger partial charge in [-0.25, -0.2) is 9.37 Å². The van der Waals surface area contributed by atoms with Crippen LogP contribution in [0.1, 0.15) is 23.7 Å². The van der Waals surface area contributed by atoms with E-state index in [4.69, 9.17) is 11.6 Å². The molecule has 0 N–H and O–H groups in total. The summed E-state index contributed by atoms with van der Waals surface area (Å²) in [6.07, 6.45) is 0. The highest BCUT2D eigenvalue weighted by atomic mass is 79.9. The third kappa shape index (κ3) is 2.58. The lowest BCUT2D eigenvalue weighted by Gasteiger charge is -2.12. The van der Waals surface area contributed by atoms with Crippen molar-refractivity contribution in [1.29, 1.82) is 0 Å². The Labute approximate surface area is 135 Å². The highest BCUT2D eigenvalue weighted by Gasteiger charge is 2.18. The molecule has 5 heteroatoms. The smallest absolute Gasteiger partial charge is 0.147 e. The van der Waals surface area contributed by atoms with Gasteiger partial charge in [-0.1, -0.05) is 22.0 Å². The van der Waals surface area contributed by atoms with E-state index in [9.17, 15) is 4.39 Å². The van der Waals surface area contributed by atoms with E-state index in [0.29, 0.717) is 11.5 Å². The molecule has 0 saturated heterocycles. The van der Waals surface area contributed by atoms with E-state index in [-0.39, 0.29) is 11.2 Å². The van der Waals surface area contributed by atoms with Crippen molar-refractivity contribution in [3.05, 3.63) is 58.1 Å². The summed E-state index contributed by atoms with van der Waals surface area (Å²) in [5.41, 5.74) is 3.20. The molecule has 1 aromatic heterocycles. The first-order valence-electron chi connectivity index (χ1n) is 6.56. The Kier molecular flexibility index (Phi) is 3.76. The number of hydrogen-bond acceptors (Lipinski definition) is 1. The second-order valence-corrected chi connectivity index (χ2v) is 6.58. The molecule has 1 heterocycles. The molecule has 0 aliphatic rings. The molecule has 0 radical (unpaired) electrons. The minimum Gasteiger partial charge on any atom is -0.292 e. The first-order chi connectivity index (χ1) is 9.97. The Morgan fingerprint density at radius 2 is 2.00 bits per heavy atom. The molecule has 108 valence electrons. The second-order valence-electron chi connectivity index (χ2n) is 5.01. The van der Waals surface area contributed by atoms with Crippen molar-refractivity contribution in [2.75, 3.05) is 0 Å². The topological polar surface area (TPSA) is 17.8 Å². The van der Waals surface area contributed by atoms with Crippen molar-refractivity contribution in [2.45, 2.75) is 19.2 Å². The number of halogens is 3. The summed E-state index contributed by atoms with van der Waals surface area (Å²) < 4.78 is 16.9. The van der Waals surface area contributed by atoms with Gasteiger partial charge in [0.2, 0.25) is 0 Å². The highest BCUT2D eigenvalue weighted by molar-refractivity contribution is 9.10. The lowest BCUT2D eigenvalue weighted by Crippen LogP contribution is -2.04. The molecule has 0 aliphatic carbocycles. The van der Waals surface area contributed by atoms with Crippen LogP contribution in [0, 0.1) is 12.7 Å². The van der Waals surface area contributed by atoms with Crippen LogP contribution in [0.4, 0.5) is 4.39 Å². The van der Waals surface area contributed by atoms with Crippen LogP contribution < -0.4 is 0 Å². The Morgan fingerprint density at radius 3 is 2.71 bits per heavy atom. The van der Waals surface area contributed by atoms with Crippen LogP contribution in [0.3, 0.4) is 0 Å². The summed E-state index contributed by atoms with van der Waals surface area (Å²) in [4.78, 5) is 4.55. The van der Waals surface area contributed by atoms with Crippen molar-refractivity contribution in [1.82, 2.24) is 9.55 Å². The van der Waals surface area contributed by atoms with Gasteiger partial charge in [0, 0.05) is 4.47 Å². The number of rotatable bonds is 2. The average Bonchev–Trinajstić information content (AvgIpc) is 2.80. The molecular formula is C16H13BrClFN2. The highest BCUT2D eigenvalue weighted by Crippen LogP contribution is 2.31. The maximum Gasteiger partial charge on any atom is 0.147 e. The number of benzene rings is 2. The van der Waals surface area contributed by atoms with Crippen LogP contribution in [-0.4, -0.2) is 9.55 Å². The summed E-state index contributed by atoms with van der Waals surface area (Å²) in [6, 6.07) is 10.8. The van der Waals surface area contributed by atoms with Gasteiger partial charge in [-0.3, -0.25) is 4.57 Å². The van der Waals surface area contributed by atoms with Crippen molar-refractivity contribution in [3.8, 4) is 5.69 Å². The first kappa shape index (κ1) is 14.5. The number of nitrogens with zero attached hydrogens (tertiary/aromatic N) is 2. The van der Waals surface area contributed by atoms with Crippen LogP contribution in [0.25, 0.3) is 16.7 Å². The maximum absolute atomic E-state index is 14.3. The molecule has 1 atom stereocenters. The van der Waals surface area contributed by atoms with Gasteiger partial charge >= 0.3 is 0 Å². The van der Waals surface area contributed by atoms with Gasteiger partial charge in [0.15, 0.2) is 0 Å². The van der Waals surface area contributed by atoms with Crippen LogP contribution >= 0.6 is 27.5 Å². The van der Waals surface area contributed by atoms with E-state index in [0.717, 1.165) is 21.1 Å². The summed E-state index contributed by atoms with van der Waals surface area (Å²) in [5.74, 6) is 0.326. The van der Waals surface area contributed by atoms with Crippen LogP contribution in [-0.2, 0) is 0 Å². The molecular weight excluding hydrogens is 355 g/mol. The Balaban J connectivity index is 2.41. The molecule has 0 fully saturated rings. The molecule has 2 aromatic carbocycles. The van der Waals surface area contributed by atoms with Crippen LogP contribution in [0.15, 0.2) is 40.9 Å². The van der Waals surface area contributed by atoms with Gasteiger partial charge in [-0.05, 0) is 49.7 Å². The minimum absolute atomic E-state index is 0.308. The molecule has 3 aromatic rings. The van der Waals surface area contributed by atoms with E-state index < -0.39 is 0 Å². The molecule has 0 spiro atoms. The Hall–Kier alpha value is -1.39. The first-order valence-corrected chi connectivity index (χ1v) is 7.79. The summed E-state index contributed by atoms with van der Waals surface area (Å²) in [5, 5.41) is -0.323. The molecule has 2 nitrogen and oxygen atoms in total. The Morgan fingerprint density at radius 1 is 1.24 bits per heavy atom. The normalized spacial score (nSPS) is 12.8. The van der Waals surface area contributed by atoms with E-state index in [2.05, 4.69) is 20.9 Å². The van der Waals surface area contributed by atoms with Crippen molar-refractivity contribution in [3.63, 3.8) is 0 Å². The zero-order valence-corrected chi connectivity index (χ0v) is 13.9. The number of fused-ring (bicyclic) bond motifs is 1. The standard InChI is InChI=1S/C16H13BrClFN2/c1-9-3-6-13-15(7-9)21(16(20-13)10(2)18)14-8-11(17)4-5-12(14)19/h3-8,10H,1-2H3. The number of aryl methyl sites for hydroxylation is 1. The monoisotopic (exact) mass is 366 g/mol. The predicted molar refractivity (Wildman–Crippen MR) is 87.7 cm³/mol. The number of aromatic nitrogens is 2. The minimum atomic E-state index is -0.323. The van der Waals surface area contributed by atoms with Gasteiger partial charge in [-0.2, -0.15) is 0 Å². The van der Waals surface area contributed by atoms with Crippen LogP contribution in [0.5, 0.6) is 0 Å². The van der Waals surface area contributed by atoms with E-state index in [1.165, 1.54) is 6.07 Å². The second kappa shape index (κ2) is 5.43. The van der Waals surface area contributed by atoms with E-state index in [1.807, 2.05) is 32.0 Å².